The SMILES string of the molecule is C=CCn1c(SCC(=O)NCc2ccc(F)cc2)nnc1C(C)Oc1ccc(OC)cc1. The molecule has 0 saturated heterocycles. The molecule has 3 aromatic rings. The molecular formula is C23H25FN4O3S. The third-order valence-corrected chi connectivity index (χ3v) is 5.50. The quantitative estimate of drug-likeness (QED) is 0.345. The van der Waals surface area contributed by atoms with Gasteiger partial charge in [0, 0.05) is 13.1 Å². The Morgan fingerprint density at radius 2 is 1.88 bits per heavy atom. The van der Waals surface area contributed by atoms with Crippen molar-refractivity contribution in [3.63, 3.8) is 0 Å². The molecule has 0 aliphatic rings. The molecule has 9 heteroatoms. The van der Waals surface area contributed by atoms with Gasteiger partial charge in [0.1, 0.15) is 17.3 Å². The Labute approximate surface area is 190 Å². The molecule has 0 aliphatic carbocycles. The van der Waals surface area contributed by atoms with E-state index in [0.29, 0.717) is 29.8 Å². The fourth-order valence-electron chi connectivity index (χ4n) is 2.90. The van der Waals surface area contributed by atoms with E-state index in [1.807, 2.05) is 35.8 Å². The number of hydrogen-bond acceptors (Lipinski definition) is 6. The molecule has 1 amide bonds. The molecule has 0 spiro atoms. The number of thioether (sulfide) groups is 1. The van der Waals surface area contributed by atoms with Gasteiger partial charge in [-0.2, -0.15) is 0 Å². The lowest BCUT2D eigenvalue weighted by atomic mass is 10.2. The van der Waals surface area contributed by atoms with E-state index in [0.717, 1.165) is 11.3 Å². The fourth-order valence-corrected chi connectivity index (χ4v) is 3.69. The minimum Gasteiger partial charge on any atom is -0.497 e. The van der Waals surface area contributed by atoms with Crippen LogP contribution in [0.2, 0.25) is 0 Å². The van der Waals surface area contributed by atoms with Crippen LogP contribution >= 0.6 is 11.8 Å². The van der Waals surface area contributed by atoms with E-state index in [4.69, 9.17) is 9.47 Å². The van der Waals surface area contributed by atoms with Crippen LogP contribution in [0.15, 0.2) is 66.3 Å². The van der Waals surface area contributed by atoms with E-state index in [1.165, 1.54) is 23.9 Å². The third-order valence-electron chi connectivity index (χ3n) is 4.53. The monoisotopic (exact) mass is 456 g/mol. The van der Waals surface area contributed by atoms with Crippen molar-refractivity contribution in [2.24, 2.45) is 0 Å². The lowest BCUT2D eigenvalue weighted by Crippen LogP contribution is -2.24. The summed E-state index contributed by atoms with van der Waals surface area (Å²) < 4.78 is 26.0. The van der Waals surface area contributed by atoms with E-state index in [1.54, 1.807) is 25.3 Å². The highest BCUT2D eigenvalue weighted by atomic mass is 32.2. The van der Waals surface area contributed by atoms with Gasteiger partial charge < -0.3 is 14.8 Å². The molecule has 0 aliphatic heterocycles. The smallest absolute Gasteiger partial charge is 0.230 e. The zero-order valence-corrected chi connectivity index (χ0v) is 18.8. The second-order valence-corrected chi connectivity index (χ2v) is 7.81. The Morgan fingerprint density at radius 3 is 2.53 bits per heavy atom. The summed E-state index contributed by atoms with van der Waals surface area (Å²) in [6.07, 6.45) is 1.38. The number of rotatable bonds is 11. The first-order chi connectivity index (χ1) is 15.5. The van der Waals surface area contributed by atoms with Crippen LogP contribution in [0.3, 0.4) is 0 Å². The second-order valence-electron chi connectivity index (χ2n) is 6.87. The highest BCUT2D eigenvalue weighted by molar-refractivity contribution is 7.99. The molecule has 2 aromatic carbocycles. The number of hydrogen-bond donors (Lipinski definition) is 1. The highest BCUT2D eigenvalue weighted by Crippen LogP contribution is 2.26. The average Bonchev–Trinajstić information content (AvgIpc) is 3.20. The van der Waals surface area contributed by atoms with Crippen LogP contribution in [-0.4, -0.2) is 33.5 Å². The summed E-state index contributed by atoms with van der Waals surface area (Å²) in [5, 5.41) is 11.9. The summed E-state index contributed by atoms with van der Waals surface area (Å²) in [6.45, 7) is 6.50. The normalized spacial score (nSPS) is 11.6. The van der Waals surface area contributed by atoms with Crippen molar-refractivity contribution < 1.29 is 18.7 Å². The highest BCUT2D eigenvalue weighted by Gasteiger charge is 2.20. The van der Waals surface area contributed by atoms with Gasteiger partial charge in [-0.05, 0) is 48.9 Å². The first-order valence-electron chi connectivity index (χ1n) is 9.98. The molecule has 0 radical (unpaired) electrons. The van der Waals surface area contributed by atoms with Crippen molar-refractivity contribution in [2.75, 3.05) is 12.9 Å². The van der Waals surface area contributed by atoms with E-state index >= 15 is 0 Å². The van der Waals surface area contributed by atoms with Crippen LogP contribution in [-0.2, 0) is 17.9 Å². The molecule has 1 N–H and O–H groups in total. The van der Waals surface area contributed by atoms with E-state index in [9.17, 15) is 9.18 Å². The molecule has 0 fully saturated rings. The van der Waals surface area contributed by atoms with Crippen molar-refractivity contribution in [1.82, 2.24) is 20.1 Å². The maximum atomic E-state index is 13.0. The third kappa shape index (κ3) is 6.34. The lowest BCUT2D eigenvalue weighted by Gasteiger charge is -2.16. The largest absolute Gasteiger partial charge is 0.497 e. The number of allylic oxidation sites excluding steroid dienone is 1. The van der Waals surface area contributed by atoms with E-state index in [2.05, 4.69) is 22.1 Å². The van der Waals surface area contributed by atoms with E-state index < -0.39 is 0 Å². The van der Waals surface area contributed by atoms with Crippen molar-refractivity contribution in [3.05, 3.63) is 78.4 Å². The van der Waals surface area contributed by atoms with Crippen LogP contribution in [0.1, 0.15) is 24.4 Å². The number of nitrogens with zero attached hydrogens (tertiary/aromatic N) is 3. The van der Waals surface area contributed by atoms with Crippen LogP contribution in [0.4, 0.5) is 4.39 Å². The number of ether oxygens (including phenoxy) is 2. The average molecular weight is 457 g/mol. The van der Waals surface area contributed by atoms with Crippen LogP contribution in [0, 0.1) is 5.82 Å². The number of carbonyl (C=O) groups is 1. The van der Waals surface area contributed by atoms with Crippen molar-refractivity contribution >= 4 is 17.7 Å². The minimum atomic E-state index is -0.363. The first kappa shape index (κ1) is 23.3. The number of benzene rings is 2. The molecule has 1 unspecified atom stereocenters. The summed E-state index contributed by atoms with van der Waals surface area (Å²) in [5.74, 6) is 1.77. The van der Waals surface area contributed by atoms with Gasteiger partial charge in [0.15, 0.2) is 17.1 Å². The minimum absolute atomic E-state index is 0.156. The Bertz CT molecular complexity index is 1040. The van der Waals surface area contributed by atoms with Gasteiger partial charge in [0.25, 0.3) is 0 Å². The van der Waals surface area contributed by atoms with Crippen molar-refractivity contribution in [2.45, 2.75) is 31.3 Å². The van der Waals surface area contributed by atoms with Gasteiger partial charge >= 0.3 is 0 Å². The van der Waals surface area contributed by atoms with Gasteiger partial charge in [0.2, 0.25) is 5.91 Å². The van der Waals surface area contributed by atoms with Gasteiger partial charge in [-0.3, -0.25) is 9.36 Å². The number of methoxy groups -OCH3 is 1. The number of carbonyl (C=O) groups excluding carboxylic acids is 1. The van der Waals surface area contributed by atoms with Gasteiger partial charge in [-0.15, -0.1) is 16.8 Å². The van der Waals surface area contributed by atoms with Crippen molar-refractivity contribution in [3.8, 4) is 11.5 Å². The maximum absolute atomic E-state index is 13.0. The fraction of sp³-hybridized carbons (Fsp3) is 0.261. The maximum Gasteiger partial charge on any atom is 0.230 e. The van der Waals surface area contributed by atoms with Crippen LogP contribution in [0.5, 0.6) is 11.5 Å². The van der Waals surface area contributed by atoms with Crippen molar-refractivity contribution in [1.29, 1.82) is 0 Å². The van der Waals surface area contributed by atoms with Gasteiger partial charge in [-0.25, -0.2) is 4.39 Å². The van der Waals surface area contributed by atoms with Crippen LogP contribution in [0.25, 0.3) is 0 Å². The number of nitrogens with one attached hydrogen (secondary N) is 1. The zero-order chi connectivity index (χ0) is 22.9. The molecule has 0 bridgehead atoms. The Balaban J connectivity index is 1.59. The zero-order valence-electron chi connectivity index (χ0n) is 18.0. The molecule has 7 nitrogen and oxygen atoms in total. The topological polar surface area (TPSA) is 78.3 Å². The number of aromatic nitrogens is 3. The standard InChI is InChI=1S/C23H25FN4O3S/c1-4-13-28-22(16(2)31-20-11-9-19(30-3)10-12-20)26-27-23(28)32-15-21(29)25-14-17-5-7-18(24)8-6-17/h4-12,16H,1,13-15H2,2-3H3,(H,25,29). The molecule has 0 saturated carbocycles. The molecule has 168 valence electrons. The lowest BCUT2D eigenvalue weighted by molar-refractivity contribution is -0.118. The second kappa shape index (κ2) is 11.3. The molecule has 1 atom stereocenters. The molecule has 32 heavy (non-hydrogen) atoms. The summed E-state index contributed by atoms with van der Waals surface area (Å²) in [4.78, 5) is 12.2. The van der Waals surface area contributed by atoms with Gasteiger partial charge in [0.05, 0.1) is 12.9 Å². The van der Waals surface area contributed by atoms with E-state index in [-0.39, 0.29) is 23.6 Å². The van der Waals surface area contributed by atoms with Gasteiger partial charge in [-0.1, -0.05) is 30.0 Å². The number of amides is 1. The Kier molecular flexibility index (Phi) is 8.27. The predicted octanol–water partition coefficient (Wildman–Crippen LogP) is 4.16. The summed E-state index contributed by atoms with van der Waals surface area (Å²) in [6, 6.07) is 13.3. The summed E-state index contributed by atoms with van der Waals surface area (Å²) >= 11 is 1.28. The molecule has 3 rings (SSSR count). The summed E-state index contributed by atoms with van der Waals surface area (Å²) in [5.41, 5.74) is 0.825. The first-order valence-corrected chi connectivity index (χ1v) is 11.0. The molecular weight excluding hydrogens is 431 g/mol. The number of halogens is 1. The molecule has 1 heterocycles. The summed E-state index contributed by atoms with van der Waals surface area (Å²) in [7, 11) is 1.61. The Hall–Kier alpha value is -3.33. The van der Waals surface area contributed by atoms with Crippen LogP contribution < -0.4 is 14.8 Å². The molecule has 1 aromatic heterocycles. The predicted molar refractivity (Wildman–Crippen MR) is 121 cm³/mol. The Morgan fingerprint density at radius 1 is 1.19 bits per heavy atom.